The number of para-hydroxylation sites is 1. The molecule has 0 aliphatic rings. The summed E-state index contributed by atoms with van der Waals surface area (Å²) in [5.41, 5.74) is -0.826. The number of aromatic amines is 1. The number of aromatic nitrogens is 2. The van der Waals surface area contributed by atoms with Crippen molar-refractivity contribution in [1.82, 2.24) is 10.2 Å². The maximum Gasteiger partial charge on any atom is 0.295 e. The van der Waals surface area contributed by atoms with E-state index in [1.165, 1.54) is 18.5 Å². The van der Waals surface area contributed by atoms with Crippen LogP contribution in [0.25, 0.3) is 0 Å². The summed E-state index contributed by atoms with van der Waals surface area (Å²) in [6.45, 7) is 0. The Kier molecular flexibility index (Phi) is 3.00. The summed E-state index contributed by atoms with van der Waals surface area (Å²) in [6, 6.07) is 3.33. The second-order valence-corrected chi connectivity index (χ2v) is 3.33. The number of nitro benzene ring substituents is 1. The van der Waals surface area contributed by atoms with Gasteiger partial charge in [0.25, 0.3) is 11.6 Å². The fourth-order valence-corrected chi connectivity index (χ4v) is 1.35. The average Bonchev–Trinajstić information content (AvgIpc) is 2.85. The fraction of sp³-hybridized carbons (Fsp3) is 0. The molecule has 0 saturated heterocycles. The van der Waals surface area contributed by atoms with Gasteiger partial charge in [0.15, 0.2) is 11.5 Å². The molecule has 7 nitrogen and oxygen atoms in total. The predicted molar refractivity (Wildman–Crippen MR) is 59.6 cm³/mol. The van der Waals surface area contributed by atoms with Crippen LogP contribution in [0.2, 0.25) is 0 Å². The van der Waals surface area contributed by atoms with E-state index in [1.807, 2.05) is 0 Å². The van der Waals surface area contributed by atoms with Crippen molar-refractivity contribution in [1.29, 1.82) is 0 Å². The fourth-order valence-electron chi connectivity index (χ4n) is 1.35. The molecule has 1 aromatic heterocycles. The first-order valence-corrected chi connectivity index (χ1v) is 4.82. The lowest BCUT2D eigenvalue weighted by Gasteiger charge is -2.05. The van der Waals surface area contributed by atoms with Gasteiger partial charge in [-0.3, -0.25) is 20.0 Å². The second kappa shape index (κ2) is 4.62. The Hall–Kier alpha value is -2.77. The summed E-state index contributed by atoms with van der Waals surface area (Å²) >= 11 is 0. The van der Waals surface area contributed by atoms with Gasteiger partial charge in [-0.1, -0.05) is 6.07 Å². The van der Waals surface area contributed by atoms with Gasteiger partial charge in [-0.25, -0.2) is 4.39 Å². The van der Waals surface area contributed by atoms with Crippen LogP contribution < -0.4 is 5.32 Å². The zero-order chi connectivity index (χ0) is 13.1. The molecule has 0 spiro atoms. The Balaban J connectivity index is 2.34. The highest BCUT2D eigenvalue weighted by molar-refractivity contribution is 6.05. The first kappa shape index (κ1) is 11.7. The highest BCUT2D eigenvalue weighted by Gasteiger charge is 2.20. The zero-order valence-electron chi connectivity index (χ0n) is 8.88. The van der Waals surface area contributed by atoms with Gasteiger partial charge in [-0.15, -0.1) is 0 Å². The molecular weight excluding hydrogens is 243 g/mol. The topological polar surface area (TPSA) is 101 Å². The Morgan fingerprint density at radius 1 is 1.50 bits per heavy atom. The van der Waals surface area contributed by atoms with Crippen molar-refractivity contribution >= 4 is 17.3 Å². The van der Waals surface area contributed by atoms with E-state index in [9.17, 15) is 19.3 Å². The normalized spacial score (nSPS) is 10.1. The smallest absolute Gasteiger partial charge is 0.295 e. The standard InChI is InChI=1S/C10H7FN4O3/c11-7-2-1-3-8(15(17)18)9(7)14-10(16)6-4-12-13-5-6/h1-5H,(H,12,13)(H,14,16). The van der Waals surface area contributed by atoms with E-state index >= 15 is 0 Å². The van der Waals surface area contributed by atoms with E-state index in [1.54, 1.807) is 0 Å². The van der Waals surface area contributed by atoms with Gasteiger partial charge in [0, 0.05) is 12.3 Å². The van der Waals surface area contributed by atoms with Crippen LogP contribution in [0.5, 0.6) is 0 Å². The lowest BCUT2D eigenvalue weighted by Crippen LogP contribution is -2.13. The molecule has 18 heavy (non-hydrogen) atoms. The van der Waals surface area contributed by atoms with Crippen molar-refractivity contribution in [2.75, 3.05) is 5.32 Å². The third-order valence-electron chi connectivity index (χ3n) is 2.19. The van der Waals surface area contributed by atoms with E-state index in [-0.39, 0.29) is 5.56 Å². The zero-order valence-corrected chi connectivity index (χ0v) is 8.88. The summed E-state index contributed by atoms with van der Waals surface area (Å²) in [5.74, 6) is -1.56. The highest BCUT2D eigenvalue weighted by atomic mass is 19.1. The minimum Gasteiger partial charge on any atom is -0.314 e. The largest absolute Gasteiger partial charge is 0.314 e. The number of nitro groups is 1. The number of nitrogens with one attached hydrogen (secondary N) is 2. The molecule has 0 bridgehead atoms. The molecule has 2 N–H and O–H groups in total. The summed E-state index contributed by atoms with van der Waals surface area (Å²) in [7, 11) is 0. The number of hydrogen-bond acceptors (Lipinski definition) is 4. The van der Waals surface area contributed by atoms with Gasteiger partial charge in [-0.2, -0.15) is 5.10 Å². The van der Waals surface area contributed by atoms with Crippen LogP contribution in [0.15, 0.2) is 30.6 Å². The Morgan fingerprint density at radius 2 is 2.28 bits per heavy atom. The van der Waals surface area contributed by atoms with Gasteiger partial charge in [0.05, 0.1) is 16.7 Å². The second-order valence-electron chi connectivity index (χ2n) is 3.33. The molecule has 8 heteroatoms. The van der Waals surface area contributed by atoms with Crippen LogP contribution in [0.4, 0.5) is 15.8 Å². The van der Waals surface area contributed by atoms with Gasteiger partial charge in [0.1, 0.15) is 0 Å². The monoisotopic (exact) mass is 250 g/mol. The summed E-state index contributed by atoms with van der Waals surface area (Å²) in [4.78, 5) is 21.6. The Labute approximate surface area is 99.8 Å². The van der Waals surface area contributed by atoms with Crippen LogP contribution >= 0.6 is 0 Å². The van der Waals surface area contributed by atoms with Gasteiger partial charge in [-0.05, 0) is 6.07 Å². The van der Waals surface area contributed by atoms with Crippen LogP contribution in [-0.2, 0) is 0 Å². The molecular formula is C10H7FN4O3. The van der Waals surface area contributed by atoms with E-state index in [2.05, 4.69) is 15.5 Å². The molecule has 2 aromatic rings. The number of rotatable bonds is 3. The number of carbonyl (C=O) groups is 1. The molecule has 0 saturated carbocycles. The molecule has 1 heterocycles. The third kappa shape index (κ3) is 2.17. The van der Waals surface area contributed by atoms with Crippen molar-refractivity contribution in [3.8, 4) is 0 Å². The summed E-state index contributed by atoms with van der Waals surface area (Å²) in [5, 5.41) is 18.8. The molecule has 92 valence electrons. The number of anilines is 1. The maximum atomic E-state index is 13.5. The molecule has 0 fully saturated rings. The van der Waals surface area contributed by atoms with Crippen LogP contribution in [-0.4, -0.2) is 21.0 Å². The number of hydrogen-bond donors (Lipinski definition) is 2. The van der Waals surface area contributed by atoms with E-state index in [0.29, 0.717) is 0 Å². The number of H-pyrrole nitrogens is 1. The highest BCUT2D eigenvalue weighted by Crippen LogP contribution is 2.27. The van der Waals surface area contributed by atoms with Gasteiger partial charge >= 0.3 is 0 Å². The first-order chi connectivity index (χ1) is 8.59. The average molecular weight is 250 g/mol. The molecule has 1 amide bonds. The van der Waals surface area contributed by atoms with Crippen molar-refractivity contribution in [2.45, 2.75) is 0 Å². The number of halogens is 1. The summed E-state index contributed by atoms with van der Waals surface area (Å²) < 4.78 is 13.5. The molecule has 0 aliphatic carbocycles. The van der Waals surface area contributed by atoms with Crippen molar-refractivity contribution < 1.29 is 14.1 Å². The quantitative estimate of drug-likeness (QED) is 0.639. The number of carbonyl (C=O) groups excluding carboxylic acids is 1. The molecule has 2 rings (SSSR count). The van der Waals surface area contributed by atoms with E-state index in [4.69, 9.17) is 0 Å². The van der Waals surface area contributed by atoms with Crippen LogP contribution in [0.1, 0.15) is 10.4 Å². The predicted octanol–water partition coefficient (Wildman–Crippen LogP) is 1.71. The van der Waals surface area contributed by atoms with Crippen molar-refractivity contribution in [3.05, 3.63) is 52.1 Å². The van der Waals surface area contributed by atoms with E-state index in [0.717, 1.165) is 12.1 Å². The lowest BCUT2D eigenvalue weighted by atomic mass is 10.2. The molecule has 1 aromatic carbocycles. The van der Waals surface area contributed by atoms with E-state index < -0.39 is 28.0 Å². The molecule has 0 radical (unpaired) electrons. The Bertz CT molecular complexity index is 597. The van der Waals surface area contributed by atoms with Gasteiger partial charge in [0.2, 0.25) is 0 Å². The molecule has 0 unspecified atom stereocenters. The number of nitrogens with zero attached hydrogens (tertiary/aromatic N) is 2. The first-order valence-electron chi connectivity index (χ1n) is 4.82. The van der Waals surface area contributed by atoms with Crippen molar-refractivity contribution in [3.63, 3.8) is 0 Å². The molecule has 0 aliphatic heterocycles. The molecule has 0 atom stereocenters. The summed E-state index contributed by atoms with van der Waals surface area (Å²) in [6.07, 6.45) is 2.52. The Morgan fingerprint density at radius 3 is 2.89 bits per heavy atom. The van der Waals surface area contributed by atoms with Crippen molar-refractivity contribution in [2.24, 2.45) is 0 Å². The SMILES string of the molecule is O=C(Nc1c(F)cccc1[N+](=O)[O-])c1cn[nH]c1. The minimum absolute atomic E-state index is 0.146. The third-order valence-corrected chi connectivity index (χ3v) is 2.19. The minimum atomic E-state index is -0.874. The number of benzene rings is 1. The van der Waals surface area contributed by atoms with Crippen LogP contribution in [0.3, 0.4) is 0 Å². The lowest BCUT2D eigenvalue weighted by molar-refractivity contribution is -0.384. The maximum absolute atomic E-state index is 13.5. The number of amides is 1. The van der Waals surface area contributed by atoms with Gasteiger partial charge < -0.3 is 5.32 Å². The van der Waals surface area contributed by atoms with Crippen LogP contribution in [0, 0.1) is 15.9 Å².